The summed E-state index contributed by atoms with van der Waals surface area (Å²) in [5.41, 5.74) is -1.01. The van der Waals surface area contributed by atoms with Crippen molar-refractivity contribution in [1.82, 2.24) is 4.90 Å². The summed E-state index contributed by atoms with van der Waals surface area (Å²) in [6.45, 7) is 7.19. The van der Waals surface area contributed by atoms with Crippen molar-refractivity contribution in [2.24, 2.45) is 5.41 Å². The molecule has 2 fully saturated rings. The molecule has 5 nitrogen and oxygen atoms in total. The zero-order chi connectivity index (χ0) is 13.4. The van der Waals surface area contributed by atoms with Crippen molar-refractivity contribution < 1.29 is 19.1 Å². The number of likely N-dealkylation sites (tertiary alicyclic amines) is 1. The van der Waals surface area contributed by atoms with Gasteiger partial charge in [-0.1, -0.05) is 0 Å². The summed E-state index contributed by atoms with van der Waals surface area (Å²) in [5, 5.41) is 0. The average Bonchev–Trinajstić information content (AvgIpc) is 2.56. The molecule has 0 aliphatic carbocycles. The molecule has 0 bridgehead atoms. The van der Waals surface area contributed by atoms with Crippen LogP contribution in [0.3, 0.4) is 0 Å². The molecule has 0 aromatic carbocycles. The predicted octanol–water partition coefficient (Wildman–Crippen LogP) is 1.60. The second-order valence-corrected chi connectivity index (χ2v) is 6.20. The van der Waals surface area contributed by atoms with Crippen LogP contribution in [-0.4, -0.2) is 48.7 Å². The molecule has 2 saturated heterocycles. The van der Waals surface area contributed by atoms with Crippen molar-refractivity contribution in [2.75, 3.05) is 26.3 Å². The van der Waals surface area contributed by atoms with Crippen LogP contribution in [0.2, 0.25) is 0 Å². The van der Waals surface area contributed by atoms with Gasteiger partial charge in [-0.15, -0.1) is 0 Å². The highest BCUT2D eigenvalue weighted by molar-refractivity contribution is 5.92. The monoisotopic (exact) mass is 255 g/mol. The molecule has 1 atom stereocenters. The second-order valence-electron chi connectivity index (χ2n) is 6.20. The Kier molecular flexibility index (Phi) is 3.36. The first-order chi connectivity index (χ1) is 8.32. The molecule has 0 aromatic rings. The van der Waals surface area contributed by atoms with Crippen molar-refractivity contribution in [3.05, 3.63) is 0 Å². The highest BCUT2D eigenvalue weighted by atomic mass is 16.6. The minimum absolute atomic E-state index is 0.105. The predicted molar refractivity (Wildman–Crippen MR) is 65.3 cm³/mol. The topological polar surface area (TPSA) is 55.8 Å². The maximum atomic E-state index is 12.1. The van der Waals surface area contributed by atoms with Gasteiger partial charge in [-0.25, -0.2) is 4.79 Å². The number of Topliss-reactive ketones (excluding diaryl/α,β-unsaturated/α-hetero) is 1. The van der Waals surface area contributed by atoms with Gasteiger partial charge in [0.15, 0.2) is 5.78 Å². The summed E-state index contributed by atoms with van der Waals surface area (Å²) in [6, 6.07) is 0. The summed E-state index contributed by atoms with van der Waals surface area (Å²) in [5.74, 6) is 0.105. The van der Waals surface area contributed by atoms with Gasteiger partial charge in [-0.05, 0) is 33.6 Å². The number of ether oxygens (including phenoxy) is 2. The first-order valence-corrected chi connectivity index (χ1v) is 6.41. The van der Waals surface area contributed by atoms with Crippen LogP contribution in [0.5, 0.6) is 0 Å². The van der Waals surface area contributed by atoms with Gasteiger partial charge in [-0.2, -0.15) is 0 Å². The van der Waals surface area contributed by atoms with Gasteiger partial charge in [0.05, 0.1) is 18.6 Å². The van der Waals surface area contributed by atoms with Crippen LogP contribution in [0.15, 0.2) is 0 Å². The van der Waals surface area contributed by atoms with E-state index in [2.05, 4.69) is 0 Å². The quantitative estimate of drug-likeness (QED) is 0.660. The van der Waals surface area contributed by atoms with E-state index in [0.717, 1.165) is 12.8 Å². The molecule has 5 heteroatoms. The van der Waals surface area contributed by atoms with E-state index in [0.29, 0.717) is 19.8 Å². The molecule has 18 heavy (non-hydrogen) atoms. The summed E-state index contributed by atoms with van der Waals surface area (Å²) in [7, 11) is 0. The van der Waals surface area contributed by atoms with Crippen molar-refractivity contribution in [2.45, 2.75) is 39.2 Å². The SMILES string of the molecule is CC(C)(C)OC(=O)N1CC(=O)C2(CCCOC2)C1. The first-order valence-electron chi connectivity index (χ1n) is 6.41. The molecule has 102 valence electrons. The second kappa shape index (κ2) is 4.53. The van der Waals surface area contributed by atoms with Gasteiger partial charge in [-0.3, -0.25) is 9.69 Å². The number of ketones is 1. The van der Waals surface area contributed by atoms with E-state index < -0.39 is 17.1 Å². The zero-order valence-corrected chi connectivity index (χ0v) is 11.3. The lowest BCUT2D eigenvalue weighted by Gasteiger charge is -2.31. The Morgan fingerprint density at radius 3 is 2.72 bits per heavy atom. The maximum absolute atomic E-state index is 12.1. The molecule has 0 N–H and O–H groups in total. The minimum atomic E-state index is -0.529. The number of rotatable bonds is 0. The number of hydrogen-bond donors (Lipinski definition) is 0. The lowest BCUT2D eigenvalue weighted by atomic mass is 9.81. The summed E-state index contributed by atoms with van der Waals surface area (Å²) in [6.07, 6.45) is 1.29. The molecule has 0 saturated carbocycles. The third-order valence-corrected chi connectivity index (χ3v) is 3.39. The maximum Gasteiger partial charge on any atom is 0.410 e. The van der Waals surface area contributed by atoms with Crippen LogP contribution in [0.4, 0.5) is 4.79 Å². The number of hydrogen-bond acceptors (Lipinski definition) is 4. The van der Waals surface area contributed by atoms with Crippen molar-refractivity contribution in [3.8, 4) is 0 Å². The van der Waals surface area contributed by atoms with Crippen molar-refractivity contribution in [1.29, 1.82) is 0 Å². The fourth-order valence-corrected chi connectivity index (χ4v) is 2.50. The van der Waals surface area contributed by atoms with E-state index in [-0.39, 0.29) is 12.3 Å². The van der Waals surface area contributed by atoms with Gasteiger partial charge in [0.25, 0.3) is 0 Å². The van der Waals surface area contributed by atoms with E-state index in [1.807, 2.05) is 20.8 Å². The summed E-state index contributed by atoms with van der Waals surface area (Å²) in [4.78, 5) is 25.5. The Hall–Kier alpha value is -1.10. The zero-order valence-electron chi connectivity index (χ0n) is 11.3. The Balaban J connectivity index is 2.02. The Bertz CT molecular complexity index is 352. The van der Waals surface area contributed by atoms with Crippen LogP contribution >= 0.6 is 0 Å². The number of carbonyl (C=O) groups excluding carboxylic acids is 2. The van der Waals surface area contributed by atoms with E-state index in [1.165, 1.54) is 4.90 Å². The van der Waals surface area contributed by atoms with Crippen LogP contribution in [0, 0.1) is 5.41 Å². The first kappa shape index (κ1) is 13.3. The lowest BCUT2D eigenvalue weighted by molar-refractivity contribution is -0.130. The molecule has 0 radical (unpaired) electrons. The number of carbonyl (C=O) groups is 2. The number of nitrogens with zero attached hydrogens (tertiary/aromatic N) is 1. The highest BCUT2D eigenvalue weighted by Crippen LogP contribution is 2.35. The number of amides is 1. The van der Waals surface area contributed by atoms with Crippen molar-refractivity contribution >= 4 is 11.9 Å². The molecule has 2 heterocycles. The fraction of sp³-hybridized carbons (Fsp3) is 0.846. The van der Waals surface area contributed by atoms with Crippen molar-refractivity contribution in [3.63, 3.8) is 0 Å². The average molecular weight is 255 g/mol. The van der Waals surface area contributed by atoms with E-state index >= 15 is 0 Å². The Morgan fingerprint density at radius 1 is 1.44 bits per heavy atom. The van der Waals surface area contributed by atoms with Crippen LogP contribution in [0.25, 0.3) is 0 Å². The molecule has 0 aromatic heterocycles. The molecule has 1 spiro atoms. The van der Waals surface area contributed by atoms with Crippen LogP contribution in [-0.2, 0) is 14.3 Å². The molecule has 1 unspecified atom stereocenters. The molecule has 1 amide bonds. The third-order valence-electron chi connectivity index (χ3n) is 3.39. The molecular weight excluding hydrogens is 234 g/mol. The Morgan fingerprint density at radius 2 is 2.17 bits per heavy atom. The smallest absolute Gasteiger partial charge is 0.410 e. The van der Waals surface area contributed by atoms with E-state index in [4.69, 9.17) is 9.47 Å². The summed E-state index contributed by atoms with van der Waals surface area (Å²) < 4.78 is 10.7. The van der Waals surface area contributed by atoms with E-state index in [1.54, 1.807) is 0 Å². The lowest BCUT2D eigenvalue weighted by Crippen LogP contribution is -2.41. The minimum Gasteiger partial charge on any atom is -0.444 e. The van der Waals surface area contributed by atoms with Crippen LogP contribution in [0.1, 0.15) is 33.6 Å². The van der Waals surface area contributed by atoms with E-state index in [9.17, 15) is 9.59 Å². The largest absolute Gasteiger partial charge is 0.444 e. The molecular formula is C13H21NO4. The van der Waals surface area contributed by atoms with Gasteiger partial charge in [0.1, 0.15) is 5.60 Å². The summed E-state index contributed by atoms with van der Waals surface area (Å²) >= 11 is 0. The molecule has 2 aliphatic heterocycles. The highest BCUT2D eigenvalue weighted by Gasteiger charge is 2.49. The van der Waals surface area contributed by atoms with Crippen LogP contribution < -0.4 is 0 Å². The normalized spacial score (nSPS) is 28.8. The van der Waals surface area contributed by atoms with Gasteiger partial charge in [0, 0.05) is 13.2 Å². The molecule has 2 aliphatic rings. The Labute approximate surface area is 107 Å². The van der Waals surface area contributed by atoms with Gasteiger partial charge < -0.3 is 9.47 Å². The van der Waals surface area contributed by atoms with Gasteiger partial charge >= 0.3 is 6.09 Å². The fourth-order valence-electron chi connectivity index (χ4n) is 2.50. The molecule has 2 rings (SSSR count). The van der Waals surface area contributed by atoms with Gasteiger partial charge in [0.2, 0.25) is 0 Å². The standard InChI is InChI=1S/C13H21NO4/c1-12(2,3)18-11(16)14-7-10(15)13(8-14)5-4-6-17-9-13/h4-9H2,1-3H3. The third kappa shape index (κ3) is 2.66.